The Bertz CT molecular complexity index is 918. The van der Waals surface area contributed by atoms with Crippen molar-refractivity contribution in [2.24, 2.45) is 0 Å². The second-order valence-electron chi connectivity index (χ2n) is 7.64. The van der Waals surface area contributed by atoms with E-state index in [4.69, 9.17) is 9.47 Å². The quantitative estimate of drug-likeness (QED) is 0.280. The number of hydrogen-bond donors (Lipinski definition) is 0. The minimum absolute atomic E-state index is 0.0368. The van der Waals surface area contributed by atoms with Gasteiger partial charge in [-0.1, -0.05) is 50.3 Å². The maximum atomic E-state index is 14.2. The summed E-state index contributed by atoms with van der Waals surface area (Å²) in [6, 6.07) is 10.6. The number of alkyl halides is 2. The number of aldehydes is 1. The van der Waals surface area contributed by atoms with E-state index >= 15 is 0 Å². The molecule has 7 heteroatoms. The van der Waals surface area contributed by atoms with Gasteiger partial charge in [-0.3, -0.25) is 4.79 Å². The highest BCUT2D eigenvalue weighted by atomic mass is 79.9. The summed E-state index contributed by atoms with van der Waals surface area (Å²) < 4.78 is 24.8. The van der Waals surface area contributed by atoms with Crippen molar-refractivity contribution in [2.75, 3.05) is 6.61 Å². The Balaban J connectivity index is 2.00. The Kier molecular flexibility index (Phi) is 8.92. The Morgan fingerprint density at radius 1 is 0.903 bits per heavy atom. The molecule has 166 valence electrons. The van der Waals surface area contributed by atoms with E-state index in [1.165, 1.54) is 0 Å². The van der Waals surface area contributed by atoms with E-state index in [0.717, 1.165) is 22.3 Å². The zero-order valence-corrected chi connectivity index (χ0v) is 19.6. The number of hydrogen-bond acceptors (Lipinski definition) is 5. The molecule has 31 heavy (non-hydrogen) atoms. The zero-order chi connectivity index (χ0) is 23.1. The van der Waals surface area contributed by atoms with Crippen LogP contribution in [0.5, 0.6) is 0 Å². The second-order valence-corrected chi connectivity index (χ2v) is 8.82. The van der Waals surface area contributed by atoms with Crippen molar-refractivity contribution >= 4 is 34.2 Å². The molecule has 0 aliphatic rings. The minimum Gasteiger partial charge on any atom is -0.462 e. The molecule has 0 heterocycles. The van der Waals surface area contributed by atoms with E-state index in [-0.39, 0.29) is 24.9 Å². The van der Waals surface area contributed by atoms with Gasteiger partial charge in [0.15, 0.2) is 18.6 Å². The van der Waals surface area contributed by atoms with Gasteiger partial charge in [0.25, 0.3) is 0 Å². The molecule has 2 aromatic rings. The van der Waals surface area contributed by atoms with E-state index < -0.39 is 29.0 Å². The van der Waals surface area contributed by atoms with Gasteiger partial charge in [-0.2, -0.15) is 0 Å². The first kappa shape index (κ1) is 24.7. The molecule has 0 saturated heterocycles. The van der Waals surface area contributed by atoms with E-state index in [2.05, 4.69) is 15.9 Å². The van der Waals surface area contributed by atoms with Crippen LogP contribution < -0.4 is 0 Å². The maximum absolute atomic E-state index is 14.2. The third-order valence-corrected chi connectivity index (χ3v) is 5.56. The lowest BCUT2D eigenvalue weighted by Crippen LogP contribution is -2.37. The maximum Gasteiger partial charge on any atom is 0.338 e. The van der Waals surface area contributed by atoms with Crippen molar-refractivity contribution in [2.45, 2.75) is 51.2 Å². The molecule has 5 nitrogen and oxygen atoms in total. The number of benzene rings is 2. The van der Waals surface area contributed by atoms with Crippen LogP contribution in [-0.2, 0) is 14.3 Å². The largest absolute Gasteiger partial charge is 0.462 e. The van der Waals surface area contributed by atoms with E-state index in [1.54, 1.807) is 24.3 Å². The van der Waals surface area contributed by atoms with E-state index in [1.807, 2.05) is 39.8 Å². The van der Waals surface area contributed by atoms with Crippen LogP contribution in [0.4, 0.5) is 4.39 Å². The highest BCUT2D eigenvalue weighted by molar-refractivity contribution is 9.09. The molecular formula is C24H26BrFO5. The Labute approximate surface area is 190 Å². The van der Waals surface area contributed by atoms with Crippen molar-refractivity contribution in [3.8, 4) is 0 Å². The normalized spacial score (nSPS) is 13.7. The average Bonchev–Trinajstić information content (AvgIpc) is 2.69. The lowest BCUT2D eigenvalue weighted by molar-refractivity contribution is -0.115. The number of esters is 2. The summed E-state index contributed by atoms with van der Waals surface area (Å²) in [5.41, 5.74) is 4.32. The number of carbonyl (C=O) groups excluding carboxylic acids is 3. The molecule has 0 saturated carbocycles. The van der Waals surface area contributed by atoms with E-state index in [9.17, 15) is 18.8 Å². The topological polar surface area (TPSA) is 69.7 Å². The summed E-state index contributed by atoms with van der Waals surface area (Å²) in [7, 11) is 0. The monoisotopic (exact) mass is 492 g/mol. The van der Waals surface area contributed by atoms with Gasteiger partial charge in [-0.05, 0) is 58.4 Å². The molecule has 0 spiro atoms. The molecule has 0 aliphatic heterocycles. The molecule has 3 atom stereocenters. The first-order valence-electron chi connectivity index (χ1n) is 9.89. The van der Waals surface area contributed by atoms with Crippen molar-refractivity contribution in [1.29, 1.82) is 0 Å². The summed E-state index contributed by atoms with van der Waals surface area (Å²) in [6.45, 7) is 7.40. The molecule has 0 radical (unpaired) electrons. The van der Waals surface area contributed by atoms with Crippen molar-refractivity contribution in [1.82, 2.24) is 0 Å². The summed E-state index contributed by atoms with van der Waals surface area (Å²) in [6.07, 6.45) is -3.13. The number of aryl methyl sites for hydroxylation is 4. The number of rotatable bonds is 9. The van der Waals surface area contributed by atoms with Gasteiger partial charge in [0.1, 0.15) is 0 Å². The SMILES string of the molecule is Cc1cc(C)cc(C(=O)OCC[C@H](Br)[C@@H](OC(=O)c2cc(C)cc(C)c2)[C@H](F)C=O)c1. The highest BCUT2D eigenvalue weighted by Gasteiger charge is 2.32. The minimum atomic E-state index is -2.02. The Morgan fingerprint density at radius 2 is 1.35 bits per heavy atom. The van der Waals surface area contributed by atoms with Gasteiger partial charge < -0.3 is 9.47 Å². The third kappa shape index (κ3) is 7.28. The summed E-state index contributed by atoms with van der Waals surface area (Å²) >= 11 is 3.28. The Hall–Kier alpha value is -2.54. The molecule has 2 aromatic carbocycles. The van der Waals surface area contributed by atoms with Crippen LogP contribution in [0.15, 0.2) is 36.4 Å². The fourth-order valence-corrected chi connectivity index (χ4v) is 3.89. The van der Waals surface area contributed by atoms with Gasteiger partial charge in [-0.25, -0.2) is 14.0 Å². The zero-order valence-electron chi connectivity index (χ0n) is 18.0. The van der Waals surface area contributed by atoms with Crippen molar-refractivity contribution in [3.05, 3.63) is 69.8 Å². The van der Waals surface area contributed by atoms with Crippen LogP contribution in [0.2, 0.25) is 0 Å². The molecule has 0 bridgehead atoms. The summed E-state index contributed by atoms with van der Waals surface area (Å²) in [5, 5.41) is 0. The molecule has 0 N–H and O–H groups in total. The van der Waals surface area contributed by atoms with Crippen LogP contribution in [0.1, 0.15) is 49.4 Å². The first-order valence-corrected chi connectivity index (χ1v) is 10.8. The van der Waals surface area contributed by atoms with Crippen molar-refractivity contribution in [3.63, 3.8) is 0 Å². The van der Waals surface area contributed by atoms with E-state index in [0.29, 0.717) is 5.56 Å². The van der Waals surface area contributed by atoms with Crippen LogP contribution in [0.3, 0.4) is 0 Å². The second kappa shape index (κ2) is 11.2. The molecule has 0 amide bonds. The number of carbonyl (C=O) groups is 3. The predicted octanol–water partition coefficient (Wildman–Crippen LogP) is 4.99. The lowest BCUT2D eigenvalue weighted by Gasteiger charge is -2.23. The molecule has 0 unspecified atom stereocenters. The van der Waals surface area contributed by atoms with Gasteiger partial charge in [0.05, 0.1) is 22.6 Å². The fourth-order valence-electron chi connectivity index (χ4n) is 3.30. The van der Waals surface area contributed by atoms with Gasteiger partial charge in [0, 0.05) is 0 Å². The van der Waals surface area contributed by atoms with Crippen LogP contribution >= 0.6 is 15.9 Å². The molecule has 0 aromatic heterocycles. The van der Waals surface area contributed by atoms with Crippen LogP contribution in [0.25, 0.3) is 0 Å². The number of halogens is 2. The van der Waals surface area contributed by atoms with Gasteiger partial charge in [0.2, 0.25) is 0 Å². The molecule has 0 fully saturated rings. The molecule has 2 rings (SSSR count). The smallest absolute Gasteiger partial charge is 0.338 e. The van der Waals surface area contributed by atoms with Gasteiger partial charge >= 0.3 is 11.9 Å². The fraction of sp³-hybridized carbons (Fsp3) is 0.375. The number of ether oxygens (including phenoxy) is 2. The standard InChI is InChI=1S/C24H26BrFO5/c1-14-7-15(2)10-18(9-14)23(28)30-6-5-20(25)22(21(26)13-27)31-24(29)19-11-16(3)8-17(4)12-19/h7-13,20-22H,5-6H2,1-4H3/t20-,21+,22+/m0/s1. The van der Waals surface area contributed by atoms with Gasteiger partial charge in [-0.15, -0.1) is 0 Å². The lowest BCUT2D eigenvalue weighted by atomic mass is 10.1. The molecular weight excluding hydrogens is 467 g/mol. The Morgan fingerprint density at radius 3 is 1.81 bits per heavy atom. The van der Waals surface area contributed by atoms with Crippen LogP contribution in [0, 0.1) is 27.7 Å². The molecule has 0 aliphatic carbocycles. The predicted molar refractivity (Wildman–Crippen MR) is 120 cm³/mol. The summed E-state index contributed by atoms with van der Waals surface area (Å²) in [4.78, 5) is 35.1. The summed E-state index contributed by atoms with van der Waals surface area (Å²) in [5.74, 6) is -1.22. The first-order chi connectivity index (χ1) is 14.6. The third-order valence-electron chi connectivity index (χ3n) is 4.59. The average molecular weight is 493 g/mol. The van der Waals surface area contributed by atoms with Crippen LogP contribution in [-0.4, -0.2) is 41.9 Å². The van der Waals surface area contributed by atoms with Crippen molar-refractivity contribution < 1.29 is 28.2 Å². The highest BCUT2D eigenvalue weighted by Crippen LogP contribution is 2.21.